The van der Waals surface area contributed by atoms with Crippen molar-refractivity contribution in [1.29, 1.82) is 0 Å². The molecule has 106 valence electrons. The predicted molar refractivity (Wildman–Crippen MR) is 61.5 cm³/mol. The average molecular weight is 286 g/mol. The van der Waals surface area contributed by atoms with Crippen LogP contribution in [0.5, 0.6) is 0 Å². The monoisotopic (exact) mass is 286 g/mol. The van der Waals surface area contributed by atoms with Gasteiger partial charge in [-0.3, -0.25) is 9.20 Å². The van der Waals surface area contributed by atoms with Crippen molar-refractivity contribution in [3.05, 3.63) is 35.9 Å². The molecule has 0 aliphatic carbocycles. The number of hydrogen-bond acceptors (Lipinski definition) is 4. The van der Waals surface area contributed by atoms with Gasteiger partial charge in [0.05, 0.1) is 12.3 Å². The van der Waals surface area contributed by atoms with E-state index in [9.17, 15) is 22.8 Å². The van der Waals surface area contributed by atoms with E-state index in [0.29, 0.717) is 0 Å². The minimum Gasteiger partial charge on any atom is -0.461 e. The van der Waals surface area contributed by atoms with Gasteiger partial charge in [-0.2, -0.15) is 13.2 Å². The zero-order valence-electron chi connectivity index (χ0n) is 10.3. The number of halogens is 3. The molecule has 0 fully saturated rings. The van der Waals surface area contributed by atoms with Gasteiger partial charge in [-0.05, 0) is 25.1 Å². The lowest BCUT2D eigenvalue weighted by atomic mass is 10.3. The van der Waals surface area contributed by atoms with E-state index in [2.05, 4.69) is 4.98 Å². The van der Waals surface area contributed by atoms with E-state index in [0.717, 1.165) is 16.8 Å². The number of fused-ring (bicyclic) bond motifs is 1. The zero-order valence-corrected chi connectivity index (χ0v) is 10.3. The third-order valence-corrected chi connectivity index (χ3v) is 2.52. The Bertz CT molecular complexity index is 676. The summed E-state index contributed by atoms with van der Waals surface area (Å²) >= 11 is 0. The van der Waals surface area contributed by atoms with E-state index in [1.807, 2.05) is 0 Å². The van der Waals surface area contributed by atoms with Gasteiger partial charge in [-0.15, -0.1) is 0 Å². The van der Waals surface area contributed by atoms with Crippen LogP contribution in [0.4, 0.5) is 13.2 Å². The fourth-order valence-corrected chi connectivity index (χ4v) is 1.65. The molecule has 0 amide bonds. The van der Waals surface area contributed by atoms with Crippen molar-refractivity contribution >= 4 is 17.3 Å². The molecule has 2 heterocycles. The number of rotatable bonds is 3. The molecule has 0 aromatic carbocycles. The first-order valence-electron chi connectivity index (χ1n) is 5.60. The SMILES string of the molecule is CCOC(=O)c1cc2ccc(C(=O)C(F)(F)F)n2cn1. The van der Waals surface area contributed by atoms with Gasteiger partial charge in [-0.1, -0.05) is 0 Å². The molecule has 0 N–H and O–H groups in total. The standard InChI is InChI=1S/C12H9F3N2O3/c1-2-20-11(19)8-5-7-3-4-9(17(7)6-16-8)10(18)12(13,14)15/h3-6H,2H2,1H3. The number of alkyl halides is 3. The van der Waals surface area contributed by atoms with Crippen LogP contribution in [0.25, 0.3) is 5.52 Å². The number of aromatic nitrogens is 2. The van der Waals surface area contributed by atoms with E-state index >= 15 is 0 Å². The molecule has 0 spiro atoms. The number of Topliss-reactive ketones (excluding diaryl/α,β-unsaturated/α-hetero) is 1. The molecule has 0 saturated carbocycles. The predicted octanol–water partition coefficient (Wildman–Crippen LogP) is 2.26. The van der Waals surface area contributed by atoms with E-state index in [1.54, 1.807) is 6.92 Å². The Hall–Kier alpha value is -2.38. The maximum absolute atomic E-state index is 12.4. The van der Waals surface area contributed by atoms with Gasteiger partial charge >= 0.3 is 12.1 Å². The third-order valence-electron chi connectivity index (χ3n) is 2.52. The molecule has 0 aliphatic rings. The molecule has 0 saturated heterocycles. The van der Waals surface area contributed by atoms with Crippen molar-refractivity contribution < 1.29 is 27.5 Å². The van der Waals surface area contributed by atoms with Crippen molar-refractivity contribution in [2.45, 2.75) is 13.1 Å². The molecule has 0 unspecified atom stereocenters. The first-order chi connectivity index (χ1) is 9.34. The molecular weight excluding hydrogens is 277 g/mol. The van der Waals surface area contributed by atoms with Gasteiger partial charge in [0.25, 0.3) is 5.78 Å². The highest BCUT2D eigenvalue weighted by Gasteiger charge is 2.40. The average Bonchev–Trinajstić information content (AvgIpc) is 2.79. The number of hydrogen-bond donors (Lipinski definition) is 0. The van der Waals surface area contributed by atoms with Crippen molar-refractivity contribution in [3.8, 4) is 0 Å². The molecule has 0 aliphatic heterocycles. The summed E-state index contributed by atoms with van der Waals surface area (Å²) in [4.78, 5) is 26.3. The first-order valence-corrected chi connectivity index (χ1v) is 5.60. The molecule has 8 heteroatoms. The molecule has 0 bridgehead atoms. The number of carbonyl (C=O) groups is 2. The summed E-state index contributed by atoms with van der Waals surface area (Å²) < 4.78 is 42.9. The Morgan fingerprint density at radius 3 is 2.65 bits per heavy atom. The molecule has 2 rings (SSSR count). The van der Waals surface area contributed by atoms with Crippen LogP contribution in [0.2, 0.25) is 0 Å². The second kappa shape index (κ2) is 4.95. The van der Waals surface area contributed by atoms with E-state index in [4.69, 9.17) is 4.74 Å². The summed E-state index contributed by atoms with van der Waals surface area (Å²) in [5.41, 5.74) is -0.352. The highest BCUT2D eigenvalue weighted by molar-refractivity contribution is 6.00. The van der Waals surface area contributed by atoms with Crippen molar-refractivity contribution in [1.82, 2.24) is 9.38 Å². The van der Waals surface area contributed by atoms with Crippen LogP contribution in [-0.4, -0.2) is 33.9 Å². The summed E-state index contributed by atoms with van der Waals surface area (Å²) in [7, 11) is 0. The molecule has 2 aromatic rings. The van der Waals surface area contributed by atoms with Crippen LogP contribution < -0.4 is 0 Å². The van der Waals surface area contributed by atoms with Crippen molar-refractivity contribution in [2.75, 3.05) is 6.61 Å². The van der Waals surface area contributed by atoms with Crippen LogP contribution in [0, 0.1) is 0 Å². The molecule has 0 atom stereocenters. The topological polar surface area (TPSA) is 60.7 Å². The molecule has 20 heavy (non-hydrogen) atoms. The number of ether oxygens (including phenoxy) is 1. The Morgan fingerprint density at radius 2 is 2.05 bits per heavy atom. The Balaban J connectivity index is 2.44. The Kier molecular flexibility index (Phi) is 3.47. The van der Waals surface area contributed by atoms with Crippen LogP contribution in [-0.2, 0) is 4.74 Å². The molecule has 5 nitrogen and oxygen atoms in total. The Labute approximate surface area is 111 Å². The van der Waals surface area contributed by atoms with Crippen LogP contribution >= 0.6 is 0 Å². The fourth-order valence-electron chi connectivity index (χ4n) is 1.65. The molecule has 0 radical (unpaired) electrons. The summed E-state index contributed by atoms with van der Waals surface area (Å²) in [6.45, 7) is 1.78. The van der Waals surface area contributed by atoms with Gasteiger partial charge in [0, 0.05) is 5.52 Å². The summed E-state index contributed by atoms with van der Waals surface area (Å²) in [5, 5.41) is 0. The lowest BCUT2D eigenvalue weighted by Gasteiger charge is -2.06. The van der Waals surface area contributed by atoms with E-state index < -0.39 is 23.6 Å². The minimum absolute atomic E-state index is 0.0385. The fraction of sp³-hybridized carbons (Fsp3) is 0.250. The largest absolute Gasteiger partial charge is 0.461 e. The van der Waals surface area contributed by atoms with Crippen LogP contribution in [0.1, 0.15) is 27.9 Å². The number of carbonyl (C=O) groups excluding carboxylic acids is 2. The van der Waals surface area contributed by atoms with Crippen LogP contribution in [0.3, 0.4) is 0 Å². The summed E-state index contributed by atoms with van der Waals surface area (Å²) in [5.74, 6) is -2.65. The van der Waals surface area contributed by atoms with Gasteiger partial charge in [0.15, 0.2) is 5.69 Å². The number of nitrogens with zero attached hydrogens (tertiary/aromatic N) is 2. The van der Waals surface area contributed by atoms with Crippen molar-refractivity contribution in [2.24, 2.45) is 0 Å². The molecular formula is C12H9F3N2O3. The smallest absolute Gasteiger partial charge is 0.456 e. The zero-order chi connectivity index (χ0) is 14.9. The summed E-state index contributed by atoms with van der Waals surface area (Å²) in [6, 6.07) is 3.58. The van der Waals surface area contributed by atoms with Gasteiger partial charge in [-0.25, -0.2) is 9.78 Å². The molecule has 2 aromatic heterocycles. The lowest BCUT2D eigenvalue weighted by Crippen LogP contribution is -2.24. The number of ketones is 1. The van der Waals surface area contributed by atoms with Crippen molar-refractivity contribution in [3.63, 3.8) is 0 Å². The maximum Gasteiger partial charge on any atom is 0.456 e. The normalized spacial score (nSPS) is 11.6. The van der Waals surface area contributed by atoms with Crippen LogP contribution in [0.15, 0.2) is 24.5 Å². The van der Waals surface area contributed by atoms with E-state index in [1.165, 1.54) is 12.1 Å². The number of esters is 1. The maximum atomic E-state index is 12.4. The Morgan fingerprint density at radius 1 is 1.35 bits per heavy atom. The third kappa shape index (κ3) is 2.49. The second-order valence-corrected chi connectivity index (χ2v) is 3.83. The first kappa shape index (κ1) is 14.0. The lowest BCUT2D eigenvalue weighted by molar-refractivity contribution is -0.0888. The van der Waals surface area contributed by atoms with Gasteiger partial charge < -0.3 is 4.74 Å². The van der Waals surface area contributed by atoms with E-state index in [-0.39, 0.29) is 17.8 Å². The second-order valence-electron chi connectivity index (χ2n) is 3.83. The van der Waals surface area contributed by atoms with Gasteiger partial charge in [0.2, 0.25) is 0 Å². The highest BCUT2D eigenvalue weighted by atomic mass is 19.4. The quantitative estimate of drug-likeness (QED) is 0.641. The van der Waals surface area contributed by atoms with Gasteiger partial charge in [0.1, 0.15) is 6.33 Å². The minimum atomic E-state index is -4.96. The highest BCUT2D eigenvalue weighted by Crippen LogP contribution is 2.23. The summed E-state index contributed by atoms with van der Waals surface area (Å²) in [6.07, 6.45) is -3.98.